The summed E-state index contributed by atoms with van der Waals surface area (Å²) in [5, 5.41) is 17.8. The number of aliphatic hydroxyl groups excluding tert-OH is 1. The first kappa shape index (κ1) is 8.83. The molecule has 74 valence electrons. The Balaban J connectivity index is 2.54. The van der Waals surface area contributed by atoms with Crippen LogP contribution >= 0.6 is 0 Å². The molecule has 0 unspecified atom stereocenters. The van der Waals surface area contributed by atoms with Crippen LogP contribution in [0.3, 0.4) is 0 Å². The molecule has 0 radical (unpaired) electrons. The van der Waals surface area contributed by atoms with Crippen LogP contribution < -0.4 is 9.47 Å². The number of aromatic carboxylic acids is 1. The normalized spacial score (nSPS) is 12.9. The molecule has 0 aromatic heterocycles. The molecule has 1 aliphatic rings. The lowest BCUT2D eigenvalue weighted by Gasteiger charge is -2.04. The Hall–Kier alpha value is -1.75. The molecule has 1 aliphatic heterocycles. The average molecular weight is 196 g/mol. The molecule has 0 saturated heterocycles. The summed E-state index contributed by atoms with van der Waals surface area (Å²) in [6, 6.07) is 2.84. The highest BCUT2D eigenvalue weighted by Gasteiger charge is 2.19. The number of benzene rings is 1. The third-order valence-electron chi connectivity index (χ3n) is 2.00. The number of hydrogen-bond donors (Lipinski definition) is 2. The fourth-order valence-corrected chi connectivity index (χ4v) is 1.31. The van der Waals surface area contributed by atoms with Crippen molar-refractivity contribution in [3.63, 3.8) is 0 Å². The van der Waals surface area contributed by atoms with Gasteiger partial charge < -0.3 is 19.7 Å². The maximum atomic E-state index is 10.8. The largest absolute Gasteiger partial charge is 0.478 e. The number of aliphatic hydroxyl groups is 1. The molecule has 0 saturated carbocycles. The van der Waals surface area contributed by atoms with Crippen molar-refractivity contribution in [2.45, 2.75) is 6.61 Å². The molecule has 0 atom stereocenters. The zero-order valence-electron chi connectivity index (χ0n) is 7.19. The molecule has 0 amide bonds. The number of carboxylic acids is 1. The number of ether oxygens (including phenoxy) is 2. The van der Waals surface area contributed by atoms with Gasteiger partial charge in [0.05, 0.1) is 12.2 Å². The van der Waals surface area contributed by atoms with Crippen LogP contribution in [0, 0.1) is 0 Å². The van der Waals surface area contributed by atoms with Crippen molar-refractivity contribution < 1.29 is 24.5 Å². The zero-order chi connectivity index (χ0) is 10.1. The Morgan fingerprint density at radius 3 is 2.57 bits per heavy atom. The smallest absolute Gasteiger partial charge is 0.336 e. The Bertz CT molecular complexity index is 385. The summed E-state index contributed by atoms with van der Waals surface area (Å²) in [7, 11) is 0. The van der Waals surface area contributed by atoms with E-state index in [-0.39, 0.29) is 19.0 Å². The highest BCUT2D eigenvalue weighted by atomic mass is 16.7. The van der Waals surface area contributed by atoms with E-state index in [0.717, 1.165) is 0 Å². The van der Waals surface area contributed by atoms with Crippen molar-refractivity contribution in [3.05, 3.63) is 23.3 Å². The van der Waals surface area contributed by atoms with Crippen LogP contribution in [0.5, 0.6) is 11.5 Å². The first-order chi connectivity index (χ1) is 6.72. The van der Waals surface area contributed by atoms with Gasteiger partial charge in [0.25, 0.3) is 0 Å². The second-order valence-electron chi connectivity index (χ2n) is 2.83. The van der Waals surface area contributed by atoms with Crippen molar-refractivity contribution >= 4 is 5.97 Å². The van der Waals surface area contributed by atoms with E-state index in [1.54, 1.807) is 0 Å². The summed E-state index contributed by atoms with van der Waals surface area (Å²) < 4.78 is 10.1. The minimum absolute atomic E-state index is 0.0387. The quantitative estimate of drug-likeness (QED) is 0.724. The van der Waals surface area contributed by atoms with Crippen molar-refractivity contribution in [1.82, 2.24) is 0 Å². The lowest BCUT2D eigenvalue weighted by Crippen LogP contribution is -2.02. The number of fused-ring (bicyclic) bond motifs is 1. The Morgan fingerprint density at radius 2 is 2.00 bits per heavy atom. The summed E-state index contributed by atoms with van der Waals surface area (Å²) in [6.45, 7) is -0.248. The topological polar surface area (TPSA) is 76.0 Å². The van der Waals surface area contributed by atoms with E-state index in [4.69, 9.17) is 19.7 Å². The Labute approximate surface area is 79.5 Å². The number of carboxylic acid groups (broad SMARTS) is 1. The number of hydrogen-bond acceptors (Lipinski definition) is 4. The molecule has 0 spiro atoms. The fourth-order valence-electron chi connectivity index (χ4n) is 1.31. The fraction of sp³-hybridized carbons (Fsp3) is 0.222. The van der Waals surface area contributed by atoms with E-state index >= 15 is 0 Å². The van der Waals surface area contributed by atoms with E-state index in [1.807, 2.05) is 0 Å². The standard InChI is InChI=1S/C9H8O5/c10-3-5-1-7-8(14-4-13-7)2-6(5)9(11)12/h1-2,10H,3-4H2,(H,11,12). The highest BCUT2D eigenvalue weighted by molar-refractivity contribution is 5.90. The van der Waals surface area contributed by atoms with Gasteiger partial charge in [0, 0.05) is 0 Å². The molecular weight excluding hydrogens is 188 g/mol. The predicted octanol–water partition coefficient (Wildman–Crippen LogP) is 0.606. The lowest BCUT2D eigenvalue weighted by molar-refractivity contribution is 0.0693. The third kappa shape index (κ3) is 1.27. The van der Waals surface area contributed by atoms with Crippen LogP contribution in [-0.2, 0) is 6.61 Å². The summed E-state index contributed by atoms with van der Waals surface area (Å²) >= 11 is 0. The predicted molar refractivity (Wildman–Crippen MR) is 45.4 cm³/mol. The molecule has 0 aliphatic carbocycles. The summed E-state index contributed by atoms with van der Waals surface area (Å²) in [6.07, 6.45) is 0. The summed E-state index contributed by atoms with van der Waals surface area (Å²) in [5.74, 6) is -0.217. The maximum Gasteiger partial charge on any atom is 0.336 e. The molecule has 1 heterocycles. The van der Waals surface area contributed by atoms with Crippen molar-refractivity contribution in [1.29, 1.82) is 0 Å². The van der Waals surface area contributed by atoms with Gasteiger partial charge in [0.1, 0.15) is 0 Å². The second kappa shape index (κ2) is 3.19. The monoisotopic (exact) mass is 196 g/mol. The molecule has 0 fully saturated rings. The van der Waals surface area contributed by atoms with Gasteiger partial charge in [-0.1, -0.05) is 0 Å². The van der Waals surface area contributed by atoms with Gasteiger partial charge in [-0.25, -0.2) is 4.79 Å². The summed E-state index contributed by atoms with van der Waals surface area (Å²) in [4.78, 5) is 10.8. The van der Waals surface area contributed by atoms with Gasteiger partial charge >= 0.3 is 5.97 Å². The Morgan fingerprint density at radius 1 is 1.36 bits per heavy atom. The van der Waals surface area contributed by atoms with Crippen LogP contribution in [0.15, 0.2) is 12.1 Å². The van der Waals surface area contributed by atoms with Gasteiger partial charge in [-0.2, -0.15) is 0 Å². The molecule has 1 aromatic carbocycles. The van der Waals surface area contributed by atoms with Gasteiger partial charge in [-0.15, -0.1) is 0 Å². The maximum absolute atomic E-state index is 10.8. The first-order valence-corrected chi connectivity index (χ1v) is 3.99. The molecule has 14 heavy (non-hydrogen) atoms. The van der Waals surface area contributed by atoms with E-state index in [2.05, 4.69) is 0 Å². The molecule has 0 bridgehead atoms. The van der Waals surface area contributed by atoms with E-state index in [9.17, 15) is 4.79 Å². The molecule has 1 aromatic rings. The molecule has 5 heteroatoms. The molecule has 2 N–H and O–H groups in total. The van der Waals surface area contributed by atoms with Gasteiger partial charge in [0.2, 0.25) is 6.79 Å². The Kier molecular flexibility index (Phi) is 2.01. The molecule has 5 nitrogen and oxygen atoms in total. The van der Waals surface area contributed by atoms with Gasteiger partial charge in [0.15, 0.2) is 11.5 Å². The van der Waals surface area contributed by atoms with E-state index in [0.29, 0.717) is 17.1 Å². The van der Waals surface area contributed by atoms with Crippen LogP contribution in [-0.4, -0.2) is 23.0 Å². The minimum Gasteiger partial charge on any atom is -0.478 e. The molecular formula is C9H8O5. The van der Waals surface area contributed by atoms with Crippen LogP contribution in [0.1, 0.15) is 15.9 Å². The van der Waals surface area contributed by atoms with Gasteiger partial charge in [-0.05, 0) is 17.7 Å². The first-order valence-electron chi connectivity index (χ1n) is 3.99. The van der Waals surface area contributed by atoms with Crippen molar-refractivity contribution in [3.8, 4) is 11.5 Å². The van der Waals surface area contributed by atoms with Crippen molar-refractivity contribution in [2.75, 3.05) is 6.79 Å². The zero-order valence-corrected chi connectivity index (χ0v) is 7.19. The third-order valence-corrected chi connectivity index (χ3v) is 2.00. The summed E-state index contributed by atoms with van der Waals surface area (Å²) in [5.41, 5.74) is 0.360. The van der Waals surface area contributed by atoms with Crippen LogP contribution in [0.4, 0.5) is 0 Å². The minimum atomic E-state index is -1.09. The highest BCUT2D eigenvalue weighted by Crippen LogP contribution is 2.34. The average Bonchev–Trinajstić information content (AvgIpc) is 2.62. The number of carbonyl (C=O) groups is 1. The SMILES string of the molecule is O=C(O)c1cc2c(cc1CO)OCO2. The van der Waals surface area contributed by atoms with E-state index in [1.165, 1.54) is 12.1 Å². The van der Waals surface area contributed by atoms with Crippen LogP contribution in [0.25, 0.3) is 0 Å². The van der Waals surface area contributed by atoms with Crippen molar-refractivity contribution in [2.24, 2.45) is 0 Å². The van der Waals surface area contributed by atoms with Gasteiger partial charge in [-0.3, -0.25) is 0 Å². The van der Waals surface area contributed by atoms with E-state index < -0.39 is 5.97 Å². The number of rotatable bonds is 2. The molecule has 2 rings (SSSR count). The van der Waals surface area contributed by atoms with Crippen LogP contribution in [0.2, 0.25) is 0 Å². The lowest BCUT2D eigenvalue weighted by atomic mass is 10.1. The second-order valence-corrected chi connectivity index (χ2v) is 2.83.